The zero-order valence-electron chi connectivity index (χ0n) is 10.5. The van der Waals surface area contributed by atoms with Crippen LogP contribution >= 0.6 is 0 Å². The maximum absolute atomic E-state index is 11.2. The summed E-state index contributed by atoms with van der Waals surface area (Å²) in [6, 6.07) is -0.255. The molecule has 0 aliphatic heterocycles. The predicted molar refractivity (Wildman–Crippen MR) is 63.2 cm³/mol. The van der Waals surface area contributed by atoms with Crippen LogP contribution in [0.2, 0.25) is 0 Å². The van der Waals surface area contributed by atoms with Gasteiger partial charge in [-0.3, -0.25) is 4.79 Å². The topological polar surface area (TPSA) is 73.5 Å². The fourth-order valence-corrected chi connectivity index (χ4v) is 0.955. The number of carbonyl (C=O) groups excluding carboxylic acids is 2. The van der Waals surface area contributed by atoms with Crippen molar-refractivity contribution >= 4 is 11.9 Å². The highest BCUT2D eigenvalue weighted by Gasteiger charge is 2.05. The molecule has 0 rings (SSSR count). The number of amides is 3. The van der Waals surface area contributed by atoms with E-state index >= 15 is 0 Å². The van der Waals surface area contributed by atoms with Crippen LogP contribution in [0, 0.1) is 0 Å². The molecule has 0 saturated heterocycles. The van der Waals surface area contributed by atoms with E-state index in [0.29, 0.717) is 6.54 Å². The molecule has 6 nitrogen and oxygen atoms in total. The smallest absolute Gasteiger partial charge is 0.315 e. The fourth-order valence-electron chi connectivity index (χ4n) is 0.955. The number of hydrogen-bond donors (Lipinski definition) is 3. The number of carbonyl (C=O) groups is 2. The average Bonchev–Trinajstić information content (AvgIpc) is 2.13. The van der Waals surface area contributed by atoms with E-state index in [1.807, 2.05) is 32.8 Å². The number of likely N-dealkylation sites (N-methyl/N-ethyl adjacent to an activating group) is 1. The third kappa shape index (κ3) is 9.26. The molecule has 16 heavy (non-hydrogen) atoms. The van der Waals surface area contributed by atoms with Gasteiger partial charge in [0.15, 0.2) is 0 Å². The molecule has 0 aromatic rings. The Morgan fingerprint density at radius 2 is 1.81 bits per heavy atom. The Morgan fingerprint density at radius 1 is 1.19 bits per heavy atom. The molecule has 0 aliphatic carbocycles. The van der Waals surface area contributed by atoms with Gasteiger partial charge in [0, 0.05) is 19.1 Å². The Labute approximate surface area is 96.8 Å². The molecule has 0 heterocycles. The highest BCUT2D eigenvalue weighted by atomic mass is 16.2. The van der Waals surface area contributed by atoms with Crippen molar-refractivity contribution in [3.05, 3.63) is 0 Å². The van der Waals surface area contributed by atoms with Crippen molar-refractivity contribution in [2.75, 3.05) is 33.7 Å². The first-order valence-electron chi connectivity index (χ1n) is 5.37. The molecule has 0 aliphatic rings. The van der Waals surface area contributed by atoms with Gasteiger partial charge in [-0.05, 0) is 27.9 Å². The fraction of sp³-hybridized carbons (Fsp3) is 0.800. The average molecular weight is 230 g/mol. The Balaban J connectivity index is 3.53. The molecule has 0 aromatic carbocycles. The van der Waals surface area contributed by atoms with E-state index < -0.39 is 0 Å². The minimum atomic E-state index is -0.322. The van der Waals surface area contributed by atoms with E-state index in [0.717, 1.165) is 6.54 Å². The van der Waals surface area contributed by atoms with Crippen molar-refractivity contribution in [1.29, 1.82) is 0 Å². The van der Waals surface area contributed by atoms with Gasteiger partial charge in [0.25, 0.3) is 0 Å². The van der Waals surface area contributed by atoms with E-state index in [1.165, 1.54) is 0 Å². The quantitative estimate of drug-likeness (QED) is 0.569. The van der Waals surface area contributed by atoms with Crippen LogP contribution in [0.4, 0.5) is 4.79 Å². The number of urea groups is 1. The molecule has 0 unspecified atom stereocenters. The van der Waals surface area contributed by atoms with Crippen LogP contribution in [0.1, 0.15) is 13.8 Å². The molecule has 0 atom stereocenters. The van der Waals surface area contributed by atoms with E-state index in [4.69, 9.17) is 0 Å². The highest BCUT2D eigenvalue weighted by Crippen LogP contribution is 1.76. The number of nitrogens with one attached hydrogen (secondary N) is 3. The largest absolute Gasteiger partial charge is 0.353 e. The second-order valence-corrected chi connectivity index (χ2v) is 4.13. The number of rotatable bonds is 6. The van der Waals surface area contributed by atoms with Gasteiger partial charge < -0.3 is 20.9 Å². The minimum Gasteiger partial charge on any atom is -0.353 e. The first-order valence-corrected chi connectivity index (χ1v) is 5.37. The van der Waals surface area contributed by atoms with E-state index in [2.05, 4.69) is 16.0 Å². The predicted octanol–water partition coefficient (Wildman–Crippen LogP) is -0.628. The molecule has 0 radical (unpaired) electrons. The Bertz CT molecular complexity index is 229. The first kappa shape index (κ1) is 14.7. The Kier molecular flexibility index (Phi) is 7.28. The summed E-state index contributed by atoms with van der Waals surface area (Å²) in [6.45, 7) is 5.09. The summed E-state index contributed by atoms with van der Waals surface area (Å²) < 4.78 is 0. The van der Waals surface area contributed by atoms with Crippen LogP contribution in [0.5, 0.6) is 0 Å². The third-order valence-electron chi connectivity index (χ3n) is 1.71. The SMILES string of the molecule is CC(C)NC(=O)NCC(=O)NCCN(C)C. The molecule has 3 N–H and O–H groups in total. The van der Waals surface area contributed by atoms with Crippen molar-refractivity contribution in [1.82, 2.24) is 20.9 Å². The van der Waals surface area contributed by atoms with Crippen molar-refractivity contribution < 1.29 is 9.59 Å². The van der Waals surface area contributed by atoms with E-state index in [9.17, 15) is 9.59 Å². The summed E-state index contributed by atoms with van der Waals surface area (Å²) >= 11 is 0. The summed E-state index contributed by atoms with van der Waals surface area (Å²) in [7, 11) is 3.86. The van der Waals surface area contributed by atoms with Crippen LogP contribution < -0.4 is 16.0 Å². The van der Waals surface area contributed by atoms with Crippen LogP contribution in [0.3, 0.4) is 0 Å². The van der Waals surface area contributed by atoms with Crippen molar-refractivity contribution in [3.8, 4) is 0 Å². The Morgan fingerprint density at radius 3 is 2.31 bits per heavy atom. The minimum absolute atomic E-state index is 0.00593. The molecule has 0 spiro atoms. The number of hydrogen-bond acceptors (Lipinski definition) is 3. The third-order valence-corrected chi connectivity index (χ3v) is 1.71. The van der Waals surface area contributed by atoms with Crippen molar-refractivity contribution in [2.45, 2.75) is 19.9 Å². The Hall–Kier alpha value is -1.30. The molecule has 0 aromatic heterocycles. The van der Waals surface area contributed by atoms with Gasteiger partial charge in [0.05, 0.1) is 6.54 Å². The van der Waals surface area contributed by atoms with Gasteiger partial charge in [-0.25, -0.2) is 4.79 Å². The van der Waals surface area contributed by atoms with E-state index in [1.54, 1.807) is 0 Å². The van der Waals surface area contributed by atoms with Crippen molar-refractivity contribution in [2.24, 2.45) is 0 Å². The zero-order valence-corrected chi connectivity index (χ0v) is 10.5. The monoisotopic (exact) mass is 230 g/mol. The lowest BCUT2D eigenvalue weighted by Crippen LogP contribution is -2.45. The molecule has 6 heteroatoms. The van der Waals surface area contributed by atoms with E-state index in [-0.39, 0.29) is 24.5 Å². The lowest BCUT2D eigenvalue weighted by atomic mass is 10.4. The summed E-state index contributed by atoms with van der Waals surface area (Å²) in [5.74, 6) is -0.180. The second kappa shape index (κ2) is 7.92. The summed E-state index contributed by atoms with van der Waals surface area (Å²) in [5, 5.41) is 7.81. The molecule has 0 saturated carbocycles. The molecule has 0 bridgehead atoms. The molecular weight excluding hydrogens is 208 g/mol. The van der Waals surface area contributed by atoms with Gasteiger partial charge in [0.1, 0.15) is 0 Å². The summed E-state index contributed by atoms with van der Waals surface area (Å²) in [4.78, 5) is 24.3. The maximum atomic E-state index is 11.2. The molecule has 94 valence electrons. The zero-order chi connectivity index (χ0) is 12.6. The summed E-state index contributed by atoms with van der Waals surface area (Å²) in [5.41, 5.74) is 0. The van der Waals surface area contributed by atoms with Gasteiger partial charge in [-0.15, -0.1) is 0 Å². The maximum Gasteiger partial charge on any atom is 0.315 e. The van der Waals surface area contributed by atoms with Gasteiger partial charge >= 0.3 is 6.03 Å². The standard InChI is InChI=1S/C10H22N4O2/c1-8(2)13-10(16)12-7-9(15)11-5-6-14(3)4/h8H,5-7H2,1-4H3,(H,11,15)(H2,12,13,16). The first-order chi connectivity index (χ1) is 7.41. The second-order valence-electron chi connectivity index (χ2n) is 4.13. The van der Waals surface area contributed by atoms with Crippen LogP contribution in [0.25, 0.3) is 0 Å². The normalized spacial score (nSPS) is 10.4. The van der Waals surface area contributed by atoms with Gasteiger partial charge in [-0.2, -0.15) is 0 Å². The highest BCUT2D eigenvalue weighted by molar-refractivity contribution is 5.83. The molecule has 3 amide bonds. The number of nitrogens with zero attached hydrogens (tertiary/aromatic N) is 1. The van der Waals surface area contributed by atoms with Gasteiger partial charge in [0.2, 0.25) is 5.91 Å². The molecular formula is C10H22N4O2. The van der Waals surface area contributed by atoms with Crippen molar-refractivity contribution in [3.63, 3.8) is 0 Å². The lowest BCUT2D eigenvalue weighted by Gasteiger charge is -2.12. The van der Waals surface area contributed by atoms with Crippen LogP contribution in [-0.4, -0.2) is 56.6 Å². The molecule has 0 fully saturated rings. The van der Waals surface area contributed by atoms with Gasteiger partial charge in [-0.1, -0.05) is 0 Å². The summed E-state index contributed by atoms with van der Waals surface area (Å²) in [6.07, 6.45) is 0. The lowest BCUT2D eigenvalue weighted by molar-refractivity contribution is -0.120. The van der Waals surface area contributed by atoms with Crippen LogP contribution in [0.15, 0.2) is 0 Å². The van der Waals surface area contributed by atoms with Crippen LogP contribution in [-0.2, 0) is 4.79 Å².